The fourth-order valence-corrected chi connectivity index (χ4v) is 2.65. The number of ether oxygens (including phenoxy) is 1. The fraction of sp³-hybridized carbons (Fsp3) is 0.300. The Balaban J connectivity index is 1.71. The third kappa shape index (κ3) is 4.03. The van der Waals surface area contributed by atoms with E-state index in [4.69, 9.17) is 4.74 Å². The number of para-hydroxylation sites is 1. The molecule has 2 heterocycles. The van der Waals surface area contributed by atoms with E-state index < -0.39 is 0 Å². The van der Waals surface area contributed by atoms with Crippen molar-refractivity contribution in [3.05, 3.63) is 65.6 Å². The van der Waals surface area contributed by atoms with E-state index in [1.807, 2.05) is 62.0 Å². The monoisotopic (exact) mass is 352 g/mol. The molecule has 0 aliphatic rings. The summed E-state index contributed by atoms with van der Waals surface area (Å²) < 4.78 is 7.87. The first-order valence-corrected chi connectivity index (χ1v) is 8.69. The van der Waals surface area contributed by atoms with Crippen molar-refractivity contribution >= 4 is 11.6 Å². The van der Waals surface area contributed by atoms with Gasteiger partial charge < -0.3 is 19.8 Å². The minimum atomic E-state index is -0.145. The van der Waals surface area contributed by atoms with Gasteiger partial charge in [-0.2, -0.15) is 0 Å². The van der Waals surface area contributed by atoms with Crippen LogP contribution in [0.2, 0.25) is 0 Å². The van der Waals surface area contributed by atoms with Crippen molar-refractivity contribution < 1.29 is 9.53 Å². The Bertz CT molecular complexity index is 904. The van der Waals surface area contributed by atoms with Gasteiger partial charge in [0.25, 0.3) is 5.91 Å². The van der Waals surface area contributed by atoms with E-state index in [1.54, 1.807) is 12.1 Å². The number of benzene rings is 1. The number of hydrogen-bond donors (Lipinski definition) is 2. The standard InChI is InChI=1S/C20H24N4O2/c1-14-7-6-10-24-12-16(23-19(14)24)13-26-18-9-5-4-8-17(18)20(25)22-11-15(2)21-3/h4-10,12,15,21H,11,13H2,1-3H3,(H,22,25). The number of nitrogens with one attached hydrogen (secondary N) is 2. The number of hydrogen-bond acceptors (Lipinski definition) is 4. The van der Waals surface area contributed by atoms with E-state index in [-0.39, 0.29) is 11.9 Å². The Labute approximate surface area is 153 Å². The van der Waals surface area contributed by atoms with Gasteiger partial charge in [0.15, 0.2) is 0 Å². The first-order valence-electron chi connectivity index (χ1n) is 8.69. The maximum absolute atomic E-state index is 12.4. The first-order chi connectivity index (χ1) is 12.6. The third-order valence-corrected chi connectivity index (χ3v) is 4.30. The number of imidazole rings is 1. The lowest BCUT2D eigenvalue weighted by atomic mass is 10.2. The molecule has 3 rings (SSSR count). The largest absolute Gasteiger partial charge is 0.486 e. The summed E-state index contributed by atoms with van der Waals surface area (Å²) in [6.07, 6.45) is 3.91. The second-order valence-electron chi connectivity index (χ2n) is 6.34. The van der Waals surface area contributed by atoms with Crippen LogP contribution in [0.3, 0.4) is 0 Å². The molecule has 0 spiro atoms. The van der Waals surface area contributed by atoms with E-state index in [1.165, 1.54) is 0 Å². The maximum Gasteiger partial charge on any atom is 0.255 e. The average Bonchev–Trinajstić information content (AvgIpc) is 3.09. The van der Waals surface area contributed by atoms with Crippen LogP contribution in [0.25, 0.3) is 5.65 Å². The van der Waals surface area contributed by atoms with E-state index in [9.17, 15) is 4.79 Å². The summed E-state index contributed by atoms with van der Waals surface area (Å²) in [7, 11) is 1.87. The summed E-state index contributed by atoms with van der Waals surface area (Å²) in [4.78, 5) is 17.0. The molecule has 1 unspecified atom stereocenters. The summed E-state index contributed by atoms with van der Waals surface area (Å²) in [6, 6.07) is 11.5. The van der Waals surface area contributed by atoms with Gasteiger partial charge in [0, 0.05) is 25.0 Å². The zero-order valence-corrected chi connectivity index (χ0v) is 15.3. The van der Waals surface area contributed by atoms with Gasteiger partial charge in [-0.1, -0.05) is 18.2 Å². The highest BCUT2D eigenvalue weighted by atomic mass is 16.5. The number of likely N-dealkylation sites (N-methyl/N-ethyl adjacent to an activating group) is 1. The average molecular weight is 352 g/mol. The second kappa shape index (κ2) is 8.01. The second-order valence-corrected chi connectivity index (χ2v) is 6.34. The predicted octanol–water partition coefficient (Wildman–Crippen LogP) is 2.56. The number of carbonyl (C=O) groups is 1. The topological polar surface area (TPSA) is 67.7 Å². The number of nitrogens with zero attached hydrogens (tertiary/aromatic N) is 2. The molecule has 0 fully saturated rings. The van der Waals surface area contributed by atoms with Gasteiger partial charge >= 0.3 is 0 Å². The van der Waals surface area contributed by atoms with Crippen LogP contribution in [0.15, 0.2) is 48.8 Å². The maximum atomic E-state index is 12.4. The zero-order chi connectivity index (χ0) is 18.5. The molecule has 6 nitrogen and oxygen atoms in total. The van der Waals surface area contributed by atoms with Gasteiger partial charge in [-0.15, -0.1) is 0 Å². The number of rotatable bonds is 7. The lowest BCUT2D eigenvalue weighted by Gasteiger charge is -2.13. The quantitative estimate of drug-likeness (QED) is 0.686. The first kappa shape index (κ1) is 17.9. The Morgan fingerprint density at radius 1 is 1.27 bits per heavy atom. The van der Waals surface area contributed by atoms with Crippen LogP contribution in [-0.2, 0) is 6.61 Å². The Hall–Kier alpha value is -2.86. The number of amides is 1. The van der Waals surface area contributed by atoms with Crippen LogP contribution in [0.1, 0.15) is 28.5 Å². The lowest BCUT2D eigenvalue weighted by Crippen LogP contribution is -2.37. The fourth-order valence-electron chi connectivity index (χ4n) is 2.65. The molecule has 0 aliphatic heterocycles. The van der Waals surface area contributed by atoms with Crippen molar-refractivity contribution in [3.63, 3.8) is 0 Å². The van der Waals surface area contributed by atoms with Gasteiger partial charge in [-0.05, 0) is 44.7 Å². The Morgan fingerprint density at radius 3 is 2.85 bits per heavy atom. The molecule has 0 radical (unpaired) electrons. The molecule has 2 N–H and O–H groups in total. The van der Waals surface area contributed by atoms with Crippen LogP contribution in [0, 0.1) is 6.92 Å². The molecule has 1 aromatic carbocycles. The van der Waals surface area contributed by atoms with Crippen molar-refractivity contribution in [1.82, 2.24) is 20.0 Å². The molecular weight excluding hydrogens is 328 g/mol. The Kier molecular flexibility index (Phi) is 5.53. The molecule has 1 amide bonds. The van der Waals surface area contributed by atoms with Gasteiger partial charge in [-0.3, -0.25) is 4.79 Å². The van der Waals surface area contributed by atoms with Crippen LogP contribution < -0.4 is 15.4 Å². The lowest BCUT2D eigenvalue weighted by molar-refractivity contribution is 0.0946. The molecule has 0 aliphatic carbocycles. The van der Waals surface area contributed by atoms with Gasteiger partial charge in [-0.25, -0.2) is 4.98 Å². The number of aromatic nitrogens is 2. The summed E-state index contributed by atoms with van der Waals surface area (Å²) in [5.41, 5.74) is 3.37. The van der Waals surface area contributed by atoms with E-state index in [0.717, 1.165) is 16.9 Å². The highest BCUT2D eigenvalue weighted by Gasteiger charge is 2.13. The predicted molar refractivity (Wildman–Crippen MR) is 102 cm³/mol. The molecule has 2 aromatic heterocycles. The van der Waals surface area contributed by atoms with Crippen LogP contribution >= 0.6 is 0 Å². The third-order valence-electron chi connectivity index (χ3n) is 4.30. The normalized spacial score (nSPS) is 12.1. The van der Waals surface area contributed by atoms with Gasteiger partial charge in [0.05, 0.1) is 11.3 Å². The highest BCUT2D eigenvalue weighted by Crippen LogP contribution is 2.20. The molecule has 0 saturated heterocycles. The van der Waals surface area contributed by atoms with E-state index >= 15 is 0 Å². The van der Waals surface area contributed by atoms with E-state index in [0.29, 0.717) is 24.5 Å². The van der Waals surface area contributed by atoms with Crippen LogP contribution in [0.4, 0.5) is 0 Å². The van der Waals surface area contributed by atoms with Crippen molar-refractivity contribution in [1.29, 1.82) is 0 Å². The van der Waals surface area contributed by atoms with Crippen LogP contribution in [0.5, 0.6) is 5.75 Å². The van der Waals surface area contributed by atoms with Gasteiger partial charge in [0.2, 0.25) is 0 Å². The number of pyridine rings is 1. The van der Waals surface area contributed by atoms with Crippen molar-refractivity contribution in [2.45, 2.75) is 26.5 Å². The molecular formula is C20H24N4O2. The van der Waals surface area contributed by atoms with Crippen molar-refractivity contribution in [3.8, 4) is 5.75 Å². The summed E-state index contributed by atoms with van der Waals surface area (Å²) in [5.74, 6) is 0.407. The number of carbonyl (C=O) groups excluding carboxylic acids is 1. The van der Waals surface area contributed by atoms with Crippen molar-refractivity contribution in [2.75, 3.05) is 13.6 Å². The number of fused-ring (bicyclic) bond motifs is 1. The molecule has 0 saturated carbocycles. The van der Waals surface area contributed by atoms with Crippen LogP contribution in [-0.4, -0.2) is 34.9 Å². The minimum Gasteiger partial charge on any atom is -0.486 e. The van der Waals surface area contributed by atoms with Gasteiger partial charge in [0.1, 0.15) is 18.0 Å². The minimum absolute atomic E-state index is 0.145. The smallest absolute Gasteiger partial charge is 0.255 e. The summed E-state index contributed by atoms with van der Waals surface area (Å²) in [5, 5.41) is 6.01. The molecule has 6 heteroatoms. The van der Waals surface area contributed by atoms with Crippen molar-refractivity contribution in [2.24, 2.45) is 0 Å². The zero-order valence-electron chi connectivity index (χ0n) is 15.3. The highest BCUT2D eigenvalue weighted by molar-refractivity contribution is 5.96. The SMILES string of the molecule is CNC(C)CNC(=O)c1ccccc1OCc1cn2cccc(C)c2n1. The molecule has 1 atom stereocenters. The summed E-state index contributed by atoms with van der Waals surface area (Å²) >= 11 is 0. The Morgan fingerprint density at radius 2 is 2.08 bits per heavy atom. The number of aryl methyl sites for hydroxylation is 1. The molecule has 0 bridgehead atoms. The van der Waals surface area contributed by atoms with E-state index in [2.05, 4.69) is 15.6 Å². The molecule has 26 heavy (non-hydrogen) atoms. The molecule has 136 valence electrons. The summed E-state index contributed by atoms with van der Waals surface area (Å²) in [6.45, 7) is 4.89. The molecule has 3 aromatic rings.